The van der Waals surface area contributed by atoms with E-state index < -0.39 is 0 Å². The fraction of sp³-hybridized carbons (Fsp3) is 0.643. The number of piperidine rings is 1. The maximum Gasteiger partial charge on any atom is 0.216 e. The molecule has 0 unspecified atom stereocenters. The molecule has 0 bridgehead atoms. The summed E-state index contributed by atoms with van der Waals surface area (Å²) < 4.78 is 0. The number of nitrogens with one attached hydrogen (secondary N) is 1. The predicted molar refractivity (Wildman–Crippen MR) is 75.0 cm³/mol. The van der Waals surface area contributed by atoms with Crippen LogP contribution in [0, 0.1) is 12.8 Å². The van der Waals surface area contributed by atoms with Crippen molar-refractivity contribution >= 4 is 11.7 Å². The lowest BCUT2D eigenvalue weighted by molar-refractivity contribution is -0.119. The normalized spacial score (nSPS) is 19.3. The van der Waals surface area contributed by atoms with Crippen LogP contribution < -0.4 is 10.2 Å². The van der Waals surface area contributed by atoms with Crippen LogP contribution in [0.1, 0.15) is 32.0 Å². The minimum Gasteiger partial charge on any atom is -0.356 e. The van der Waals surface area contributed by atoms with Gasteiger partial charge in [-0.1, -0.05) is 0 Å². The van der Waals surface area contributed by atoms with Crippen LogP contribution in [0.2, 0.25) is 0 Å². The molecule has 0 aromatic carbocycles. The second kappa shape index (κ2) is 6.50. The van der Waals surface area contributed by atoms with E-state index in [0.29, 0.717) is 5.92 Å². The highest BCUT2D eigenvalue weighted by atomic mass is 16.1. The Kier molecular flexibility index (Phi) is 4.71. The third-order valence-electron chi connectivity index (χ3n) is 3.53. The van der Waals surface area contributed by atoms with Crippen LogP contribution in [-0.2, 0) is 4.79 Å². The largest absolute Gasteiger partial charge is 0.356 e. The van der Waals surface area contributed by atoms with Gasteiger partial charge in [0, 0.05) is 32.8 Å². The van der Waals surface area contributed by atoms with E-state index >= 15 is 0 Å². The van der Waals surface area contributed by atoms with Crippen molar-refractivity contribution in [3.63, 3.8) is 0 Å². The molecule has 5 nitrogen and oxygen atoms in total. The Hall–Kier alpha value is -1.65. The number of anilines is 1. The van der Waals surface area contributed by atoms with E-state index in [1.54, 1.807) is 6.92 Å². The third kappa shape index (κ3) is 4.19. The first-order valence-electron chi connectivity index (χ1n) is 6.94. The Balaban J connectivity index is 1.88. The first-order valence-corrected chi connectivity index (χ1v) is 6.94. The van der Waals surface area contributed by atoms with Crippen LogP contribution in [0.3, 0.4) is 0 Å². The smallest absolute Gasteiger partial charge is 0.216 e. The number of nitrogens with zero attached hydrogens (tertiary/aromatic N) is 3. The summed E-state index contributed by atoms with van der Waals surface area (Å²) in [4.78, 5) is 21.8. The van der Waals surface area contributed by atoms with E-state index in [1.807, 2.05) is 19.2 Å². The molecule has 0 spiro atoms. The summed E-state index contributed by atoms with van der Waals surface area (Å²) in [6.07, 6.45) is 5.28. The Morgan fingerprint density at radius 3 is 3.16 bits per heavy atom. The van der Waals surface area contributed by atoms with Crippen LogP contribution in [0.5, 0.6) is 0 Å². The van der Waals surface area contributed by atoms with Gasteiger partial charge in [-0.2, -0.15) is 0 Å². The quantitative estimate of drug-likeness (QED) is 0.894. The minimum absolute atomic E-state index is 0.0547. The zero-order valence-corrected chi connectivity index (χ0v) is 11.7. The molecule has 1 aromatic rings. The number of amides is 1. The van der Waals surface area contributed by atoms with E-state index in [0.717, 1.165) is 37.7 Å². The molecule has 1 aliphatic rings. The van der Waals surface area contributed by atoms with Crippen LogP contribution in [0.15, 0.2) is 12.3 Å². The Labute approximate surface area is 114 Å². The summed E-state index contributed by atoms with van der Waals surface area (Å²) in [5.74, 6) is 2.53. The van der Waals surface area contributed by atoms with Gasteiger partial charge in [0.25, 0.3) is 0 Å². The van der Waals surface area contributed by atoms with Gasteiger partial charge in [0.1, 0.15) is 11.6 Å². The van der Waals surface area contributed by atoms with Gasteiger partial charge >= 0.3 is 0 Å². The number of carbonyl (C=O) groups excluding carboxylic acids is 1. The second-order valence-corrected chi connectivity index (χ2v) is 5.19. The van der Waals surface area contributed by atoms with Gasteiger partial charge in [-0.05, 0) is 38.2 Å². The number of carbonyl (C=O) groups is 1. The molecule has 1 atom stereocenters. The van der Waals surface area contributed by atoms with E-state index in [9.17, 15) is 4.79 Å². The molecule has 5 heteroatoms. The summed E-state index contributed by atoms with van der Waals surface area (Å²) in [5, 5.41) is 2.87. The topological polar surface area (TPSA) is 58.1 Å². The zero-order chi connectivity index (χ0) is 13.7. The lowest BCUT2D eigenvalue weighted by Crippen LogP contribution is -2.37. The lowest BCUT2D eigenvalue weighted by Gasteiger charge is -2.33. The molecule has 0 saturated carbocycles. The number of hydrogen-bond donors (Lipinski definition) is 1. The number of aromatic nitrogens is 2. The van der Waals surface area contributed by atoms with Crippen molar-refractivity contribution in [1.82, 2.24) is 15.3 Å². The van der Waals surface area contributed by atoms with Crippen LogP contribution in [0.4, 0.5) is 5.82 Å². The van der Waals surface area contributed by atoms with Crippen molar-refractivity contribution in [2.45, 2.75) is 33.1 Å². The fourth-order valence-electron chi connectivity index (χ4n) is 2.58. The Bertz CT molecular complexity index is 435. The zero-order valence-electron chi connectivity index (χ0n) is 11.7. The summed E-state index contributed by atoms with van der Waals surface area (Å²) in [5.41, 5.74) is 0. The number of rotatable bonds is 4. The monoisotopic (exact) mass is 262 g/mol. The fourth-order valence-corrected chi connectivity index (χ4v) is 2.58. The van der Waals surface area contributed by atoms with Crippen molar-refractivity contribution in [2.24, 2.45) is 5.92 Å². The van der Waals surface area contributed by atoms with Gasteiger partial charge in [-0.15, -0.1) is 0 Å². The van der Waals surface area contributed by atoms with Crippen LogP contribution in [-0.4, -0.2) is 35.5 Å². The molecule has 1 aromatic heterocycles. The first-order chi connectivity index (χ1) is 9.15. The molecule has 2 heterocycles. The van der Waals surface area contributed by atoms with Crippen LogP contribution in [0.25, 0.3) is 0 Å². The third-order valence-corrected chi connectivity index (χ3v) is 3.53. The standard InChI is InChI=1S/C14H22N4O/c1-11-15-8-6-14(17-11)18-9-3-4-13(10-18)5-7-16-12(2)19/h6,8,13H,3-5,7,9-10H2,1-2H3,(H,16,19)/t13-/m0/s1. The highest BCUT2D eigenvalue weighted by molar-refractivity contribution is 5.72. The minimum atomic E-state index is 0.0547. The highest BCUT2D eigenvalue weighted by Gasteiger charge is 2.20. The molecule has 2 rings (SSSR count). The summed E-state index contributed by atoms with van der Waals surface area (Å²) in [6.45, 7) is 6.35. The Morgan fingerprint density at radius 2 is 2.42 bits per heavy atom. The van der Waals surface area contributed by atoms with Gasteiger partial charge in [0.05, 0.1) is 0 Å². The molecular weight excluding hydrogens is 240 g/mol. The van der Waals surface area contributed by atoms with E-state index in [2.05, 4.69) is 20.2 Å². The van der Waals surface area contributed by atoms with Gasteiger partial charge in [0.2, 0.25) is 5.91 Å². The van der Waals surface area contributed by atoms with E-state index in [-0.39, 0.29) is 5.91 Å². The summed E-state index contributed by atoms with van der Waals surface area (Å²) in [7, 11) is 0. The highest BCUT2D eigenvalue weighted by Crippen LogP contribution is 2.23. The molecule has 104 valence electrons. The SMILES string of the molecule is CC(=O)NCC[C@@H]1CCCN(c2ccnc(C)n2)C1. The van der Waals surface area contributed by atoms with Crippen molar-refractivity contribution in [1.29, 1.82) is 0 Å². The summed E-state index contributed by atoms with van der Waals surface area (Å²) in [6, 6.07) is 1.98. The molecule has 1 N–H and O–H groups in total. The molecule has 0 radical (unpaired) electrons. The maximum atomic E-state index is 10.9. The number of hydrogen-bond acceptors (Lipinski definition) is 4. The summed E-state index contributed by atoms with van der Waals surface area (Å²) >= 11 is 0. The van der Waals surface area contributed by atoms with Crippen molar-refractivity contribution in [3.8, 4) is 0 Å². The van der Waals surface area contributed by atoms with Gasteiger partial charge in [0.15, 0.2) is 0 Å². The van der Waals surface area contributed by atoms with Crippen molar-refractivity contribution < 1.29 is 4.79 Å². The van der Waals surface area contributed by atoms with E-state index in [4.69, 9.17) is 0 Å². The predicted octanol–water partition coefficient (Wildman–Crippen LogP) is 1.53. The van der Waals surface area contributed by atoms with Crippen molar-refractivity contribution in [3.05, 3.63) is 18.1 Å². The first kappa shape index (κ1) is 13.8. The van der Waals surface area contributed by atoms with E-state index in [1.165, 1.54) is 12.8 Å². The molecule has 1 amide bonds. The van der Waals surface area contributed by atoms with Gasteiger partial charge in [-0.25, -0.2) is 9.97 Å². The molecular formula is C14H22N4O. The average molecular weight is 262 g/mol. The molecule has 1 saturated heterocycles. The van der Waals surface area contributed by atoms with Crippen LogP contribution >= 0.6 is 0 Å². The molecule has 1 fully saturated rings. The average Bonchev–Trinajstić information content (AvgIpc) is 2.39. The van der Waals surface area contributed by atoms with Gasteiger partial charge < -0.3 is 10.2 Å². The van der Waals surface area contributed by atoms with Gasteiger partial charge in [-0.3, -0.25) is 4.79 Å². The number of aryl methyl sites for hydroxylation is 1. The van der Waals surface area contributed by atoms with Crippen molar-refractivity contribution in [2.75, 3.05) is 24.5 Å². The maximum absolute atomic E-state index is 10.9. The molecule has 19 heavy (non-hydrogen) atoms. The molecule has 1 aliphatic heterocycles. The second-order valence-electron chi connectivity index (χ2n) is 5.19. The Morgan fingerprint density at radius 1 is 1.58 bits per heavy atom. The lowest BCUT2D eigenvalue weighted by atomic mass is 9.95. The molecule has 0 aliphatic carbocycles.